The molecule has 0 unspecified atom stereocenters. The molecule has 0 atom stereocenters. The molecular weight excluding hydrogens is 242 g/mol. The molecule has 0 rings (SSSR count). The number of nitrogens with one attached hydrogen (secondary N) is 3. The topological polar surface area (TPSA) is 70.2 Å². The Kier molecular flexibility index (Phi) is 7.05. The van der Waals surface area contributed by atoms with E-state index < -0.39 is 0 Å². The fourth-order valence-corrected chi connectivity index (χ4v) is 1.18. The highest BCUT2D eigenvalue weighted by atomic mass is 16.2. The summed E-state index contributed by atoms with van der Waals surface area (Å²) in [4.78, 5) is 23.1. The van der Waals surface area contributed by atoms with Crippen molar-refractivity contribution < 1.29 is 9.59 Å². The summed E-state index contributed by atoms with van der Waals surface area (Å²) in [5.41, 5.74) is -0.693. The molecule has 0 heterocycles. The van der Waals surface area contributed by atoms with Crippen LogP contribution >= 0.6 is 0 Å². The SMILES string of the molecule is CC(C)(C)C(=O)NCCNCCNC(=O)C(C)(C)C. The average molecular weight is 271 g/mol. The van der Waals surface area contributed by atoms with Crippen LogP contribution in [0.2, 0.25) is 0 Å². The Balaban J connectivity index is 3.53. The first-order chi connectivity index (χ1) is 8.55. The first-order valence-corrected chi connectivity index (χ1v) is 6.82. The third kappa shape index (κ3) is 8.59. The van der Waals surface area contributed by atoms with Crippen molar-refractivity contribution in [1.82, 2.24) is 16.0 Å². The summed E-state index contributed by atoms with van der Waals surface area (Å²) in [6.45, 7) is 13.9. The molecule has 3 N–H and O–H groups in total. The molecule has 19 heavy (non-hydrogen) atoms. The second kappa shape index (κ2) is 7.48. The normalized spacial score (nSPS) is 12.1. The first kappa shape index (κ1) is 17.9. The Morgan fingerprint density at radius 2 is 1.00 bits per heavy atom. The van der Waals surface area contributed by atoms with Crippen LogP contribution in [0.15, 0.2) is 0 Å². The molecule has 5 heteroatoms. The highest BCUT2D eigenvalue weighted by Crippen LogP contribution is 2.12. The lowest BCUT2D eigenvalue weighted by molar-refractivity contribution is -0.129. The second-order valence-electron chi connectivity index (χ2n) is 6.76. The quantitative estimate of drug-likeness (QED) is 0.629. The molecule has 2 amide bonds. The van der Waals surface area contributed by atoms with E-state index >= 15 is 0 Å². The van der Waals surface area contributed by atoms with E-state index in [0.29, 0.717) is 26.2 Å². The molecule has 0 bridgehead atoms. The predicted octanol–water partition coefficient (Wildman–Crippen LogP) is 0.901. The van der Waals surface area contributed by atoms with Crippen molar-refractivity contribution in [3.05, 3.63) is 0 Å². The number of rotatable bonds is 6. The third-order valence-corrected chi connectivity index (χ3v) is 2.54. The van der Waals surface area contributed by atoms with E-state index in [1.165, 1.54) is 0 Å². The van der Waals surface area contributed by atoms with Gasteiger partial charge in [-0.25, -0.2) is 0 Å². The van der Waals surface area contributed by atoms with Crippen molar-refractivity contribution >= 4 is 11.8 Å². The predicted molar refractivity (Wildman–Crippen MR) is 77.8 cm³/mol. The van der Waals surface area contributed by atoms with Gasteiger partial charge in [0.1, 0.15) is 0 Å². The van der Waals surface area contributed by atoms with Crippen LogP contribution in [-0.2, 0) is 9.59 Å². The number of hydrogen-bond acceptors (Lipinski definition) is 3. The number of hydrogen-bond donors (Lipinski definition) is 3. The van der Waals surface area contributed by atoms with E-state index in [9.17, 15) is 9.59 Å². The van der Waals surface area contributed by atoms with Gasteiger partial charge in [0.25, 0.3) is 0 Å². The summed E-state index contributed by atoms with van der Waals surface area (Å²) < 4.78 is 0. The summed E-state index contributed by atoms with van der Waals surface area (Å²) >= 11 is 0. The van der Waals surface area contributed by atoms with E-state index in [-0.39, 0.29) is 22.6 Å². The monoisotopic (exact) mass is 271 g/mol. The molecule has 0 saturated heterocycles. The molecule has 0 radical (unpaired) electrons. The van der Waals surface area contributed by atoms with E-state index in [0.717, 1.165) is 0 Å². The Hall–Kier alpha value is -1.10. The van der Waals surface area contributed by atoms with Crippen LogP contribution in [0.25, 0.3) is 0 Å². The smallest absolute Gasteiger partial charge is 0.225 e. The second-order valence-corrected chi connectivity index (χ2v) is 6.76. The molecule has 5 nitrogen and oxygen atoms in total. The molecule has 0 spiro atoms. The number of amides is 2. The fraction of sp³-hybridized carbons (Fsp3) is 0.857. The van der Waals surface area contributed by atoms with Crippen molar-refractivity contribution in [1.29, 1.82) is 0 Å². The van der Waals surface area contributed by atoms with Crippen LogP contribution in [0, 0.1) is 10.8 Å². The average Bonchev–Trinajstić information content (AvgIpc) is 2.24. The molecule has 112 valence electrons. The standard InChI is InChI=1S/C14H29N3O2/c1-13(2,3)11(18)16-9-7-15-8-10-17-12(19)14(4,5)6/h15H,7-10H2,1-6H3,(H,16,18)(H,17,19). The van der Waals surface area contributed by atoms with Gasteiger partial charge in [0.2, 0.25) is 11.8 Å². The molecule has 0 saturated carbocycles. The minimum Gasteiger partial charge on any atom is -0.354 e. The van der Waals surface area contributed by atoms with Crippen LogP contribution in [-0.4, -0.2) is 38.0 Å². The van der Waals surface area contributed by atoms with E-state index in [2.05, 4.69) is 16.0 Å². The number of carbonyl (C=O) groups is 2. The van der Waals surface area contributed by atoms with Crippen molar-refractivity contribution in [2.75, 3.05) is 26.2 Å². The highest BCUT2D eigenvalue weighted by Gasteiger charge is 2.20. The van der Waals surface area contributed by atoms with Gasteiger partial charge in [-0.05, 0) is 0 Å². The Bertz CT molecular complexity index is 271. The third-order valence-electron chi connectivity index (χ3n) is 2.54. The minimum absolute atomic E-state index is 0.0512. The van der Waals surface area contributed by atoms with Gasteiger partial charge in [0, 0.05) is 37.0 Å². The van der Waals surface area contributed by atoms with Gasteiger partial charge in [-0.1, -0.05) is 41.5 Å². The largest absolute Gasteiger partial charge is 0.354 e. The summed E-state index contributed by atoms with van der Waals surface area (Å²) in [5.74, 6) is 0.102. The molecule has 0 aliphatic carbocycles. The van der Waals surface area contributed by atoms with Gasteiger partial charge in [0.15, 0.2) is 0 Å². The zero-order valence-corrected chi connectivity index (χ0v) is 13.1. The highest BCUT2D eigenvalue weighted by molar-refractivity contribution is 5.81. The van der Waals surface area contributed by atoms with Gasteiger partial charge in [0.05, 0.1) is 0 Å². The Morgan fingerprint density at radius 1 is 0.684 bits per heavy atom. The maximum absolute atomic E-state index is 11.6. The van der Waals surface area contributed by atoms with Crippen LogP contribution in [0.4, 0.5) is 0 Å². The zero-order chi connectivity index (χ0) is 15.1. The Morgan fingerprint density at radius 3 is 1.26 bits per heavy atom. The van der Waals surface area contributed by atoms with E-state index in [1.54, 1.807) is 0 Å². The summed E-state index contributed by atoms with van der Waals surface area (Å²) in [5, 5.41) is 8.89. The Labute approximate surface area is 116 Å². The first-order valence-electron chi connectivity index (χ1n) is 6.82. The molecule has 0 aliphatic rings. The summed E-state index contributed by atoms with van der Waals surface area (Å²) in [6, 6.07) is 0. The van der Waals surface area contributed by atoms with Crippen molar-refractivity contribution in [3.63, 3.8) is 0 Å². The van der Waals surface area contributed by atoms with Gasteiger partial charge < -0.3 is 16.0 Å². The minimum atomic E-state index is -0.347. The lowest BCUT2D eigenvalue weighted by atomic mass is 9.96. The van der Waals surface area contributed by atoms with Gasteiger partial charge >= 0.3 is 0 Å². The maximum atomic E-state index is 11.6. The van der Waals surface area contributed by atoms with E-state index in [1.807, 2.05) is 41.5 Å². The van der Waals surface area contributed by atoms with Crippen molar-refractivity contribution in [2.24, 2.45) is 10.8 Å². The summed E-state index contributed by atoms with van der Waals surface area (Å²) in [7, 11) is 0. The maximum Gasteiger partial charge on any atom is 0.225 e. The molecule has 0 aliphatic heterocycles. The molecular formula is C14H29N3O2. The molecule has 0 aromatic heterocycles. The van der Waals surface area contributed by atoms with Crippen molar-refractivity contribution in [3.8, 4) is 0 Å². The van der Waals surface area contributed by atoms with Gasteiger partial charge in [-0.15, -0.1) is 0 Å². The van der Waals surface area contributed by atoms with E-state index in [4.69, 9.17) is 0 Å². The van der Waals surface area contributed by atoms with Gasteiger partial charge in [-0.2, -0.15) is 0 Å². The van der Waals surface area contributed by atoms with Crippen LogP contribution in [0.3, 0.4) is 0 Å². The number of carbonyl (C=O) groups excluding carboxylic acids is 2. The van der Waals surface area contributed by atoms with Crippen LogP contribution in [0.5, 0.6) is 0 Å². The molecule has 0 aromatic carbocycles. The molecule has 0 aromatic rings. The van der Waals surface area contributed by atoms with Crippen LogP contribution in [0.1, 0.15) is 41.5 Å². The lowest BCUT2D eigenvalue weighted by Crippen LogP contribution is -2.41. The van der Waals surface area contributed by atoms with Gasteiger partial charge in [-0.3, -0.25) is 9.59 Å². The molecule has 0 fully saturated rings. The lowest BCUT2D eigenvalue weighted by Gasteiger charge is -2.18. The fourth-order valence-electron chi connectivity index (χ4n) is 1.18. The zero-order valence-electron chi connectivity index (χ0n) is 13.1. The summed E-state index contributed by atoms with van der Waals surface area (Å²) in [6.07, 6.45) is 0. The van der Waals surface area contributed by atoms with Crippen molar-refractivity contribution in [2.45, 2.75) is 41.5 Å². The van der Waals surface area contributed by atoms with Crippen LogP contribution < -0.4 is 16.0 Å².